The third-order valence-corrected chi connectivity index (χ3v) is 5.33. The predicted octanol–water partition coefficient (Wildman–Crippen LogP) is 2.00. The summed E-state index contributed by atoms with van der Waals surface area (Å²) >= 11 is 0. The quantitative estimate of drug-likeness (QED) is 0.636. The Bertz CT molecular complexity index is 1080. The number of anilines is 2. The summed E-state index contributed by atoms with van der Waals surface area (Å²) in [5.74, 6) is 1.11. The van der Waals surface area contributed by atoms with Crippen LogP contribution in [0.5, 0.6) is 5.88 Å². The molecule has 160 valence electrons. The van der Waals surface area contributed by atoms with Crippen molar-refractivity contribution in [2.75, 3.05) is 43.1 Å². The molecule has 1 amide bonds. The fraction of sp³-hybridized carbons (Fsp3) is 0.381. The maximum atomic E-state index is 13.2. The molecular formula is C21H23N7O3. The smallest absolute Gasteiger partial charge is 0.262 e. The van der Waals surface area contributed by atoms with Crippen LogP contribution in [-0.4, -0.2) is 63.5 Å². The number of aryl methyl sites for hydroxylation is 1. The number of carbonyl (C=O) groups excluding carboxylic acids is 1. The molecule has 3 aromatic heterocycles. The number of fused-ring (bicyclic) bond motifs is 5. The van der Waals surface area contributed by atoms with Gasteiger partial charge in [-0.2, -0.15) is 0 Å². The van der Waals surface area contributed by atoms with Crippen molar-refractivity contribution < 1.29 is 14.3 Å². The van der Waals surface area contributed by atoms with Gasteiger partial charge in [0.25, 0.3) is 5.91 Å². The molecule has 1 saturated heterocycles. The Morgan fingerprint density at radius 2 is 1.97 bits per heavy atom. The van der Waals surface area contributed by atoms with Crippen molar-refractivity contribution in [1.82, 2.24) is 24.7 Å². The molecule has 2 aliphatic heterocycles. The number of aromatic nitrogens is 5. The molecule has 0 spiro atoms. The van der Waals surface area contributed by atoms with Gasteiger partial charge in [-0.15, -0.1) is 10.2 Å². The Labute approximate surface area is 179 Å². The first kappa shape index (κ1) is 19.4. The number of hydrogen-bond acceptors (Lipinski definition) is 8. The molecule has 5 rings (SSSR count). The van der Waals surface area contributed by atoms with Gasteiger partial charge in [-0.3, -0.25) is 4.79 Å². The van der Waals surface area contributed by atoms with Crippen LogP contribution in [0.25, 0.3) is 11.5 Å². The van der Waals surface area contributed by atoms with Crippen molar-refractivity contribution in [1.29, 1.82) is 0 Å². The fourth-order valence-electron chi connectivity index (χ4n) is 3.70. The summed E-state index contributed by atoms with van der Waals surface area (Å²) in [5, 5.41) is 11.1. The lowest BCUT2D eigenvalue weighted by Crippen LogP contribution is -2.36. The van der Waals surface area contributed by atoms with E-state index in [1.165, 1.54) is 0 Å². The Kier molecular flexibility index (Phi) is 5.44. The van der Waals surface area contributed by atoms with Crippen LogP contribution < -0.4 is 15.0 Å². The number of nitrogens with zero attached hydrogens (tertiary/aromatic N) is 6. The zero-order valence-corrected chi connectivity index (χ0v) is 17.0. The molecule has 0 saturated carbocycles. The molecule has 0 aromatic carbocycles. The van der Waals surface area contributed by atoms with Gasteiger partial charge in [0, 0.05) is 19.6 Å². The summed E-state index contributed by atoms with van der Waals surface area (Å²) in [6.07, 6.45) is 5.12. The lowest BCUT2D eigenvalue weighted by atomic mass is 10.2. The van der Waals surface area contributed by atoms with Gasteiger partial charge in [0.2, 0.25) is 5.88 Å². The maximum absolute atomic E-state index is 13.2. The van der Waals surface area contributed by atoms with Crippen LogP contribution in [0.4, 0.5) is 11.5 Å². The number of carbonyl (C=O) groups is 1. The van der Waals surface area contributed by atoms with E-state index in [0.29, 0.717) is 48.6 Å². The van der Waals surface area contributed by atoms with Gasteiger partial charge in [0.15, 0.2) is 5.82 Å². The van der Waals surface area contributed by atoms with E-state index < -0.39 is 0 Å². The molecule has 0 unspecified atom stereocenters. The van der Waals surface area contributed by atoms with Crippen molar-refractivity contribution >= 4 is 17.4 Å². The Balaban J connectivity index is 1.49. The van der Waals surface area contributed by atoms with Crippen LogP contribution >= 0.6 is 0 Å². The highest BCUT2D eigenvalue weighted by atomic mass is 16.5. The molecule has 1 fully saturated rings. The molecule has 10 heteroatoms. The van der Waals surface area contributed by atoms with Crippen LogP contribution in [0, 0.1) is 0 Å². The molecule has 10 nitrogen and oxygen atoms in total. The topological polar surface area (TPSA) is 107 Å². The summed E-state index contributed by atoms with van der Waals surface area (Å²) in [6.45, 7) is 4.04. The first-order chi connectivity index (χ1) is 15.3. The lowest BCUT2D eigenvalue weighted by molar-refractivity contribution is 0.102. The Hall–Kier alpha value is -3.53. The highest BCUT2D eigenvalue weighted by Gasteiger charge is 2.20. The first-order valence-corrected chi connectivity index (χ1v) is 10.4. The van der Waals surface area contributed by atoms with E-state index in [1.807, 2.05) is 22.8 Å². The standard InChI is InChI=1S/C21H23N7O3/c29-20-16-12-15(27-7-10-30-11-8-27)13-22-21(16)31-9-2-1-6-28-14-23-26-19(28)17-4-3-5-18(24-17)25-20/h3-5,12-14H,1-2,6-11H2,(H,24,25,29). The van der Waals surface area contributed by atoms with E-state index in [2.05, 4.69) is 30.4 Å². The Morgan fingerprint density at radius 1 is 1.06 bits per heavy atom. The average molecular weight is 421 g/mol. The van der Waals surface area contributed by atoms with E-state index in [-0.39, 0.29) is 5.91 Å². The minimum absolute atomic E-state index is 0.319. The van der Waals surface area contributed by atoms with Gasteiger partial charge in [-0.1, -0.05) is 6.07 Å². The monoisotopic (exact) mass is 421 g/mol. The molecule has 5 heterocycles. The van der Waals surface area contributed by atoms with Crippen molar-refractivity contribution in [2.45, 2.75) is 19.4 Å². The summed E-state index contributed by atoms with van der Waals surface area (Å²) < 4.78 is 13.3. The van der Waals surface area contributed by atoms with Gasteiger partial charge in [0.1, 0.15) is 23.4 Å². The summed E-state index contributed by atoms with van der Waals surface area (Å²) in [7, 11) is 0. The van der Waals surface area contributed by atoms with Crippen molar-refractivity contribution in [2.24, 2.45) is 0 Å². The van der Waals surface area contributed by atoms with Crippen LogP contribution in [0.2, 0.25) is 0 Å². The summed E-state index contributed by atoms with van der Waals surface area (Å²) in [6, 6.07) is 7.27. The van der Waals surface area contributed by atoms with E-state index in [0.717, 1.165) is 38.2 Å². The predicted molar refractivity (Wildman–Crippen MR) is 113 cm³/mol. The first-order valence-electron chi connectivity index (χ1n) is 10.4. The molecule has 2 aliphatic rings. The van der Waals surface area contributed by atoms with Gasteiger partial charge < -0.3 is 24.3 Å². The lowest BCUT2D eigenvalue weighted by Gasteiger charge is -2.29. The number of amides is 1. The fourth-order valence-corrected chi connectivity index (χ4v) is 3.70. The number of rotatable bonds is 1. The van der Waals surface area contributed by atoms with E-state index >= 15 is 0 Å². The average Bonchev–Trinajstić information content (AvgIpc) is 3.28. The van der Waals surface area contributed by atoms with Gasteiger partial charge in [0.05, 0.1) is 31.7 Å². The second-order valence-electron chi connectivity index (χ2n) is 7.41. The van der Waals surface area contributed by atoms with Crippen LogP contribution in [0.15, 0.2) is 36.8 Å². The SMILES string of the molecule is O=C1Nc2cccc(n2)-c2nncn2CCCCOc2ncc(N3CCOCC3)cc21. The molecular weight excluding hydrogens is 398 g/mol. The second-order valence-corrected chi connectivity index (χ2v) is 7.41. The Morgan fingerprint density at radius 3 is 2.87 bits per heavy atom. The minimum atomic E-state index is -0.319. The largest absolute Gasteiger partial charge is 0.477 e. The van der Waals surface area contributed by atoms with E-state index in [1.54, 1.807) is 18.6 Å². The van der Waals surface area contributed by atoms with Crippen molar-refractivity contribution in [3.8, 4) is 17.4 Å². The number of hydrogen-bond donors (Lipinski definition) is 1. The van der Waals surface area contributed by atoms with Crippen LogP contribution in [0.3, 0.4) is 0 Å². The number of morpholine rings is 1. The minimum Gasteiger partial charge on any atom is -0.477 e. The summed E-state index contributed by atoms with van der Waals surface area (Å²) in [4.78, 5) is 24.3. The molecule has 1 N–H and O–H groups in total. The van der Waals surface area contributed by atoms with Gasteiger partial charge in [-0.25, -0.2) is 9.97 Å². The summed E-state index contributed by atoms with van der Waals surface area (Å²) in [5.41, 5.74) is 1.91. The third kappa shape index (κ3) is 4.19. The van der Waals surface area contributed by atoms with Gasteiger partial charge >= 0.3 is 0 Å². The van der Waals surface area contributed by atoms with Gasteiger partial charge in [-0.05, 0) is 31.0 Å². The van der Waals surface area contributed by atoms with E-state index in [4.69, 9.17) is 9.47 Å². The molecule has 3 aromatic rings. The second kappa shape index (κ2) is 8.68. The number of pyridine rings is 2. The molecule has 31 heavy (non-hydrogen) atoms. The molecule has 0 aliphatic carbocycles. The maximum Gasteiger partial charge on any atom is 0.262 e. The van der Waals surface area contributed by atoms with Crippen LogP contribution in [-0.2, 0) is 11.3 Å². The van der Waals surface area contributed by atoms with Crippen molar-refractivity contribution in [3.05, 3.63) is 42.4 Å². The van der Waals surface area contributed by atoms with Crippen molar-refractivity contribution in [3.63, 3.8) is 0 Å². The number of ether oxygens (including phenoxy) is 2. The zero-order chi connectivity index (χ0) is 21.0. The normalized spacial score (nSPS) is 17.0. The van der Waals surface area contributed by atoms with Crippen LogP contribution in [0.1, 0.15) is 23.2 Å². The highest BCUT2D eigenvalue weighted by Crippen LogP contribution is 2.25. The third-order valence-electron chi connectivity index (χ3n) is 5.33. The molecule has 0 radical (unpaired) electrons. The number of nitrogens with one attached hydrogen (secondary N) is 1. The van der Waals surface area contributed by atoms with E-state index in [9.17, 15) is 4.79 Å². The molecule has 2 bridgehead atoms. The molecule has 0 atom stereocenters. The zero-order valence-electron chi connectivity index (χ0n) is 17.0. The highest BCUT2D eigenvalue weighted by molar-refractivity contribution is 6.06.